The zero-order valence-electron chi connectivity index (χ0n) is 16.5. The van der Waals surface area contributed by atoms with E-state index in [9.17, 15) is 4.79 Å². The van der Waals surface area contributed by atoms with Gasteiger partial charge in [-0.05, 0) is 42.3 Å². The molecule has 0 spiro atoms. The molecule has 0 atom stereocenters. The van der Waals surface area contributed by atoms with E-state index in [-0.39, 0.29) is 5.69 Å². The highest BCUT2D eigenvalue weighted by Crippen LogP contribution is 2.32. The molecule has 0 bridgehead atoms. The monoisotopic (exact) mass is 390 g/mol. The van der Waals surface area contributed by atoms with Gasteiger partial charge < -0.3 is 9.47 Å². The fourth-order valence-electron chi connectivity index (χ4n) is 2.69. The molecule has 1 aromatic heterocycles. The van der Waals surface area contributed by atoms with Crippen LogP contribution in [0, 0.1) is 0 Å². The lowest BCUT2D eigenvalue weighted by molar-refractivity contribution is 0.0950. The number of nitrogens with zero attached hydrogens (tertiary/aromatic N) is 2. The summed E-state index contributed by atoms with van der Waals surface area (Å²) in [6.07, 6.45) is 3.56. The number of ether oxygens (including phenoxy) is 2. The summed E-state index contributed by atoms with van der Waals surface area (Å²) in [4.78, 5) is 12.3. The summed E-state index contributed by atoms with van der Waals surface area (Å²) in [5.74, 6) is 0.901. The SMILES string of the molecule is COc1ccc(OC)c(-c2cc(C(=O)N/N=C\C(C)=C\c3ccccc3)[nH]n2)c1. The lowest BCUT2D eigenvalue weighted by Gasteiger charge is -2.08. The number of allylic oxidation sites excluding steroid dienone is 1. The van der Waals surface area contributed by atoms with Crippen LogP contribution in [0.15, 0.2) is 65.3 Å². The van der Waals surface area contributed by atoms with Crippen molar-refractivity contribution in [3.63, 3.8) is 0 Å². The number of carbonyl (C=O) groups excluding carboxylic acids is 1. The van der Waals surface area contributed by atoms with Gasteiger partial charge in [-0.3, -0.25) is 9.89 Å². The first kappa shape index (κ1) is 19.9. The maximum absolute atomic E-state index is 12.3. The average Bonchev–Trinajstić information content (AvgIpc) is 3.24. The molecule has 0 aliphatic heterocycles. The predicted octanol–water partition coefficient (Wildman–Crippen LogP) is 3.91. The van der Waals surface area contributed by atoms with Crippen LogP contribution < -0.4 is 14.9 Å². The number of aromatic nitrogens is 2. The van der Waals surface area contributed by atoms with Gasteiger partial charge in [0.2, 0.25) is 0 Å². The summed E-state index contributed by atoms with van der Waals surface area (Å²) >= 11 is 0. The van der Waals surface area contributed by atoms with E-state index < -0.39 is 5.91 Å². The number of amides is 1. The van der Waals surface area contributed by atoms with E-state index in [0.29, 0.717) is 22.8 Å². The quantitative estimate of drug-likeness (QED) is 0.473. The first-order valence-corrected chi connectivity index (χ1v) is 8.95. The summed E-state index contributed by atoms with van der Waals surface area (Å²) in [6.45, 7) is 1.91. The van der Waals surface area contributed by atoms with Gasteiger partial charge in [0.05, 0.1) is 26.1 Å². The minimum Gasteiger partial charge on any atom is -0.497 e. The largest absolute Gasteiger partial charge is 0.497 e. The Balaban J connectivity index is 1.69. The van der Waals surface area contributed by atoms with E-state index in [1.54, 1.807) is 44.7 Å². The maximum atomic E-state index is 12.3. The van der Waals surface area contributed by atoms with E-state index in [4.69, 9.17) is 9.47 Å². The average molecular weight is 390 g/mol. The van der Waals surface area contributed by atoms with Gasteiger partial charge in [-0.1, -0.05) is 36.4 Å². The van der Waals surface area contributed by atoms with Crippen molar-refractivity contribution in [2.24, 2.45) is 5.10 Å². The molecule has 1 heterocycles. The van der Waals surface area contributed by atoms with Crippen molar-refractivity contribution >= 4 is 18.2 Å². The second-order valence-corrected chi connectivity index (χ2v) is 6.23. The molecule has 0 aliphatic rings. The molecule has 3 aromatic rings. The van der Waals surface area contributed by atoms with Crippen molar-refractivity contribution in [1.29, 1.82) is 0 Å². The van der Waals surface area contributed by atoms with Crippen LogP contribution >= 0.6 is 0 Å². The van der Waals surface area contributed by atoms with Crippen molar-refractivity contribution in [3.8, 4) is 22.8 Å². The highest BCUT2D eigenvalue weighted by atomic mass is 16.5. The van der Waals surface area contributed by atoms with Crippen LogP contribution in [0.25, 0.3) is 17.3 Å². The number of nitrogens with one attached hydrogen (secondary N) is 2. The third-order valence-electron chi connectivity index (χ3n) is 4.13. The van der Waals surface area contributed by atoms with E-state index in [0.717, 1.165) is 11.1 Å². The van der Waals surface area contributed by atoms with Gasteiger partial charge in [-0.2, -0.15) is 10.2 Å². The van der Waals surface area contributed by atoms with Gasteiger partial charge in [0, 0.05) is 5.56 Å². The normalized spacial score (nSPS) is 11.5. The van der Waals surface area contributed by atoms with Crippen molar-refractivity contribution in [3.05, 3.63) is 71.4 Å². The van der Waals surface area contributed by atoms with E-state index in [1.807, 2.05) is 43.3 Å². The molecule has 1 amide bonds. The van der Waals surface area contributed by atoms with Gasteiger partial charge in [-0.25, -0.2) is 5.43 Å². The Bertz CT molecular complexity index is 1040. The molecule has 3 rings (SSSR count). The molecule has 0 saturated carbocycles. The lowest BCUT2D eigenvalue weighted by atomic mass is 10.1. The molecule has 29 heavy (non-hydrogen) atoms. The Morgan fingerprint density at radius 3 is 2.62 bits per heavy atom. The van der Waals surface area contributed by atoms with Crippen LogP contribution in [0.2, 0.25) is 0 Å². The molecule has 0 fully saturated rings. The third-order valence-corrected chi connectivity index (χ3v) is 4.13. The molecular formula is C22H22N4O3. The van der Waals surface area contributed by atoms with Crippen molar-refractivity contribution in [1.82, 2.24) is 15.6 Å². The molecule has 0 radical (unpaired) electrons. The fourth-order valence-corrected chi connectivity index (χ4v) is 2.69. The van der Waals surface area contributed by atoms with Crippen LogP contribution in [0.5, 0.6) is 11.5 Å². The molecule has 7 heteroatoms. The van der Waals surface area contributed by atoms with Crippen LogP contribution in [-0.2, 0) is 0 Å². The van der Waals surface area contributed by atoms with Gasteiger partial charge in [-0.15, -0.1) is 0 Å². The number of H-pyrrole nitrogens is 1. The Kier molecular flexibility index (Phi) is 6.42. The van der Waals surface area contributed by atoms with E-state index >= 15 is 0 Å². The Morgan fingerprint density at radius 1 is 1.10 bits per heavy atom. The summed E-state index contributed by atoms with van der Waals surface area (Å²) in [5, 5.41) is 10.9. The Hall–Kier alpha value is -3.87. The Labute approximate surface area is 169 Å². The van der Waals surface area contributed by atoms with Crippen molar-refractivity contribution < 1.29 is 14.3 Å². The van der Waals surface area contributed by atoms with Gasteiger partial charge in [0.1, 0.15) is 17.2 Å². The van der Waals surface area contributed by atoms with Crippen LogP contribution in [0.3, 0.4) is 0 Å². The highest BCUT2D eigenvalue weighted by molar-refractivity contribution is 5.94. The molecule has 0 unspecified atom stereocenters. The molecule has 2 aromatic carbocycles. The molecule has 2 N–H and O–H groups in total. The van der Waals surface area contributed by atoms with Crippen LogP contribution in [0.1, 0.15) is 23.0 Å². The lowest BCUT2D eigenvalue weighted by Crippen LogP contribution is -2.17. The number of hydrogen-bond acceptors (Lipinski definition) is 5. The van der Waals surface area contributed by atoms with Gasteiger partial charge in [0.15, 0.2) is 0 Å². The number of hydrazone groups is 1. The summed E-state index contributed by atoms with van der Waals surface area (Å²) in [5.41, 5.74) is 6.03. The van der Waals surface area contributed by atoms with Crippen LogP contribution in [0.4, 0.5) is 0 Å². The first-order valence-electron chi connectivity index (χ1n) is 8.95. The number of benzene rings is 2. The fraction of sp³-hybridized carbons (Fsp3) is 0.136. The second kappa shape index (κ2) is 9.36. The number of hydrogen-bond donors (Lipinski definition) is 2. The molecular weight excluding hydrogens is 368 g/mol. The summed E-state index contributed by atoms with van der Waals surface area (Å²) in [6, 6.07) is 16.9. The number of rotatable bonds is 7. The number of aromatic amines is 1. The number of carbonyl (C=O) groups is 1. The second-order valence-electron chi connectivity index (χ2n) is 6.23. The molecule has 7 nitrogen and oxygen atoms in total. The highest BCUT2D eigenvalue weighted by Gasteiger charge is 2.14. The topological polar surface area (TPSA) is 88.6 Å². The Morgan fingerprint density at radius 2 is 1.90 bits per heavy atom. The number of methoxy groups -OCH3 is 2. The summed E-state index contributed by atoms with van der Waals surface area (Å²) in [7, 11) is 3.16. The van der Waals surface area contributed by atoms with Crippen LogP contribution in [-0.4, -0.2) is 36.5 Å². The van der Waals surface area contributed by atoms with Crippen molar-refractivity contribution in [2.45, 2.75) is 6.92 Å². The predicted molar refractivity (Wildman–Crippen MR) is 113 cm³/mol. The molecule has 0 saturated heterocycles. The molecule has 148 valence electrons. The standard InChI is InChI=1S/C22H22N4O3/c1-15(11-16-7-5-4-6-8-16)14-23-26-22(27)20-13-19(24-25-20)18-12-17(28-2)9-10-21(18)29-3/h4-14H,1-3H3,(H,24,25)(H,26,27)/b15-11+,23-14-. The van der Waals surface area contributed by atoms with Gasteiger partial charge in [0.25, 0.3) is 5.91 Å². The van der Waals surface area contributed by atoms with E-state index in [1.165, 1.54) is 0 Å². The smallest absolute Gasteiger partial charge is 0.289 e. The zero-order valence-corrected chi connectivity index (χ0v) is 16.5. The minimum absolute atomic E-state index is 0.284. The van der Waals surface area contributed by atoms with Crippen molar-refractivity contribution in [2.75, 3.05) is 14.2 Å². The van der Waals surface area contributed by atoms with E-state index in [2.05, 4.69) is 20.7 Å². The third kappa shape index (κ3) is 5.10. The first-order chi connectivity index (χ1) is 14.1. The maximum Gasteiger partial charge on any atom is 0.289 e. The zero-order chi connectivity index (χ0) is 20.6. The van der Waals surface area contributed by atoms with Gasteiger partial charge >= 0.3 is 0 Å². The molecule has 0 aliphatic carbocycles. The summed E-state index contributed by atoms with van der Waals surface area (Å²) < 4.78 is 10.6. The minimum atomic E-state index is -0.394.